The lowest BCUT2D eigenvalue weighted by Gasteiger charge is -2.12. The van der Waals surface area contributed by atoms with E-state index in [4.69, 9.17) is 9.47 Å². The molecular formula is C20H19N3O5S. The van der Waals surface area contributed by atoms with E-state index in [0.717, 1.165) is 11.1 Å². The number of carbonyl (C=O) groups is 1. The number of hydrogen-bond acceptors (Lipinski definition) is 6. The fourth-order valence-electron chi connectivity index (χ4n) is 3.15. The number of hydrogen-bond donors (Lipinski definition) is 1. The van der Waals surface area contributed by atoms with E-state index in [1.165, 1.54) is 25.3 Å². The van der Waals surface area contributed by atoms with E-state index >= 15 is 0 Å². The number of ether oxygens (including phenoxy) is 2. The van der Waals surface area contributed by atoms with Crippen molar-refractivity contribution in [3.05, 3.63) is 71.5 Å². The maximum absolute atomic E-state index is 12.6. The molecule has 0 bridgehead atoms. The van der Waals surface area contributed by atoms with Gasteiger partial charge in [-0.15, -0.1) is 0 Å². The molecule has 4 rings (SSSR count). The van der Waals surface area contributed by atoms with Crippen molar-refractivity contribution >= 4 is 15.9 Å². The molecule has 29 heavy (non-hydrogen) atoms. The first kappa shape index (κ1) is 19.0. The Hall–Kier alpha value is -3.33. The molecule has 1 N–H and O–H groups in total. The molecule has 9 heteroatoms. The molecule has 0 spiro atoms. The quantitative estimate of drug-likeness (QED) is 0.664. The highest BCUT2D eigenvalue weighted by Crippen LogP contribution is 2.28. The second-order valence-corrected chi connectivity index (χ2v) is 8.22. The van der Waals surface area contributed by atoms with Gasteiger partial charge in [0.1, 0.15) is 11.5 Å². The van der Waals surface area contributed by atoms with Gasteiger partial charge in [0.15, 0.2) is 0 Å². The number of sulfonamides is 1. The van der Waals surface area contributed by atoms with Crippen molar-refractivity contribution in [2.75, 3.05) is 13.7 Å². The fourth-order valence-corrected chi connectivity index (χ4v) is 4.18. The molecule has 0 radical (unpaired) electrons. The number of methoxy groups -OCH3 is 1. The number of carbonyl (C=O) groups excluding carboxylic acids is 1. The molecule has 2 heterocycles. The van der Waals surface area contributed by atoms with E-state index in [1.807, 2.05) is 12.3 Å². The molecule has 1 amide bonds. The van der Waals surface area contributed by atoms with Crippen LogP contribution in [0.3, 0.4) is 0 Å². The van der Waals surface area contributed by atoms with Crippen molar-refractivity contribution in [3.63, 3.8) is 0 Å². The molecule has 0 saturated heterocycles. The van der Waals surface area contributed by atoms with Crippen molar-refractivity contribution in [1.82, 2.24) is 14.5 Å². The summed E-state index contributed by atoms with van der Waals surface area (Å²) in [5.74, 6) is 0.415. The van der Waals surface area contributed by atoms with Crippen molar-refractivity contribution < 1.29 is 22.7 Å². The Balaban J connectivity index is 1.54. The third-order valence-corrected chi connectivity index (χ3v) is 5.97. The molecule has 0 saturated carbocycles. The lowest BCUT2D eigenvalue weighted by molar-refractivity contribution is 0.0981. The van der Waals surface area contributed by atoms with E-state index < -0.39 is 15.9 Å². The molecule has 1 aliphatic heterocycles. The van der Waals surface area contributed by atoms with Gasteiger partial charge in [-0.3, -0.25) is 9.48 Å². The van der Waals surface area contributed by atoms with Crippen LogP contribution >= 0.6 is 0 Å². The summed E-state index contributed by atoms with van der Waals surface area (Å²) in [4.78, 5) is 12.6. The first-order chi connectivity index (χ1) is 14.0. The number of benzene rings is 2. The Morgan fingerprint density at radius 3 is 2.90 bits per heavy atom. The molecule has 1 aliphatic rings. The molecule has 3 aromatic rings. The topological polar surface area (TPSA) is 99.5 Å². The zero-order valence-electron chi connectivity index (χ0n) is 15.7. The average Bonchev–Trinajstić information content (AvgIpc) is 3.38. The van der Waals surface area contributed by atoms with Crippen molar-refractivity contribution in [2.45, 2.75) is 17.9 Å². The number of fused-ring (bicyclic) bond motifs is 1. The second kappa shape index (κ2) is 7.59. The van der Waals surface area contributed by atoms with E-state index in [-0.39, 0.29) is 10.5 Å². The van der Waals surface area contributed by atoms with Crippen LogP contribution in [-0.4, -0.2) is 37.8 Å². The van der Waals surface area contributed by atoms with Gasteiger partial charge in [-0.05, 0) is 42.0 Å². The monoisotopic (exact) mass is 413 g/mol. The Morgan fingerprint density at radius 2 is 2.14 bits per heavy atom. The van der Waals surface area contributed by atoms with Crippen LogP contribution in [-0.2, 0) is 23.0 Å². The highest BCUT2D eigenvalue weighted by molar-refractivity contribution is 7.90. The molecule has 0 atom stereocenters. The Bertz CT molecular complexity index is 1160. The molecule has 0 unspecified atom stereocenters. The minimum Gasteiger partial charge on any atom is -0.496 e. The summed E-state index contributed by atoms with van der Waals surface area (Å²) < 4.78 is 39.9. The smallest absolute Gasteiger partial charge is 0.265 e. The third kappa shape index (κ3) is 3.95. The summed E-state index contributed by atoms with van der Waals surface area (Å²) in [6.45, 7) is 0.990. The van der Waals surface area contributed by atoms with Crippen LogP contribution in [0.4, 0.5) is 0 Å². The number of rotatable bonds is 6. The summed E-state index contributed by atoms with van der Waals surface area (Å²) in [5, 5.41) is 4.14. The minimum absolute atomic E-state index is 0.0253. The number of nitrogens with one attached hydrogen (secondary N) is 1. The van der Waals surface area contributed by atoms with Crippen molar-refractivity contribution in [3.8, 4) is 11.5 Å². The molecule has 8 nitrogen and oxygen atoms in total. The van der Waals surface area contributed by atoms with Gasteiger partial charge in [-0.1, -0.05) is 6.07 Å². The predicted octanol–water partition coefficient (Wildman–Crippen LogP) is 1.99. The summed E-state index contributed by atoms with van der Waals surface area (Å²) in [6.07, 6.45) is 4.13. The lowest BCUT2D eigenvalue weighted by Crippen LogP contribution is -2.30. The largest absolute Gasteiger partial charge is 0.496 e. The van der Waals surface area contributed by atoms with Gasteiger partial charge in [-0.2, -0.15) is 5.10 Å². The van der Waals surface area contributed by atoms with E-state index in [9.17, 15) is 13.2 Å². The van der Waals surface area contributed by atoms with E-state index in [1.54, 1.807) is 29.1 Å². The van der Waals surface area contributed by atoms with E-state index in [0.29, 0.717) is 31.1 Å². The number of amides is 1. The van der Waals surface area contributed by atoms with Crippen LogP contribution in [0.5, 0.6) is 11.5 Å². The van der Waals surface area contributed by atoms with Gasteiger partial charge in [-0.25, -0.2) is 13.1 Å². The normalized spacial score (nSPS) is 12.9. The van der Waals surface area contributed by atoms with Gasteiger partial charge >= 0.3 is 0 Å². The first-order valence-corrected chi connectivity index (χ1v) is 10.4. The van der Waals surface area contributed by atoms with E-state index in [2.05, 4.69) is 9.82 Å². The van der Waals surface area contributed by atoms with Gasteiger partial charge in [0, 0.05) is 29.9 Å². The standard InChI is InChI=1S/C20H19N3O5S/c1-27-19-12-15(3-4-16(19)13-23-9-2-8-21-23)20(24)22-29(25,26)17-5-6-18-14(11-17)7-10-28-18/h2-6,8-9,11-12H,7,10,13H2,1H3,(H,22,24). The maximum Gasteiger partial charge on any atom is 0.265 e. The SMILES string of the molecule is COc1cc(C(=O)NS(=O)(=O)c2ccc3c(c2)CCO3)ccc1Cn1cccn1. The van der Waals surface area contributed by atoms with Gasteiger partial charge in [0.2, 0.25) is 0 Å². The fraction of sp³-hybridized carbons (Fsp3) is 0.200. The molecular weight excluding hydrogens is 394 g/mol. The zero-order chi connectivity index (χ0) is 20.4. The van der Waals surface area contributed by atoms with Crippen LogP contribution in [0.25, 0.3) is 0 Å². The Morgan fingerprint density at radius 1 is 1.28 bits per heavy atom. The van der Waals surface area contributed by atoms with Gasteiger partial charge in [0.05, 0.1) is 25.2 Å². The molecule has 150 valence electrons. The Labute approximate surface area is 168 Å². The summed E-state index contributed by atoms with van der Waals surface area (Å²) >= 11 is 0. The number of nitrogens with zero attached hydrogens (tertiary/aromatic N) is 2. The zero-order valence-corrected chi connectivity index (χ0v) is 16.5. The first-order valence-electron chi connectivity index (χ1n) is 8.93. The minimum atomic E-state index is -4.01. The molecule has 1 aromatic heterocycles. The molecule has 0 fully saturated rings. The highest BCUT2D eigenvalue weighted by Gasteiger charge is 2.22. The summed E-state index contributed by atoms with van der Waals surface area (Å²) in [5.41, 5.74) is 1.80. The van der Waals surface area contributed by atoms with Crippen molar-refractivity contribution in [2.24, 2.45) is 0 Å². The number of aromatic nitrogens is 2. The van der Waals surface area contributed by atoms with Crippen LogP contribution in [0, 0.1) is 0 Å². The summed E-state index contributed by atoms with van der Waals surface area (Å²) in [6, 6.07) is 11.2. The van der Waals surface area contributed by atoms with Gasteiger partial charge < -0.3 is 9.47 Å². The average molecular weight is 413 g/mol. The summed E-state index contributed by atoms with van der Waals surface area (Å²) in [7, 11) is -2.52. The second-order valence-electron chi connectivity index (χ2n) is 6.53. The van der Waals surface area contributed by atoms with Crippen molar-refractivity contribution in [1.29, 1.82) is 0 Å². The Kier molecular flexibility index (Phi) is 4.98. The lowest BCUT2D eigenvalue weighted by atomic mass is 10.1. The van der Waals surface area contributed by atoms with Crippen LogP contribution in [0.1, 0.15) is 21.5 Å². The molecule has 0 aliphatic carbocycles. The maximum atomic E-state index is 12.6. The van der Waals surface area contributed by atoms with Crippen LogP contribution in [0.2, 0.25) is 0 Å². The highest BCUT2D eigenvalue weighted by atomic mass is 32.2. The molecule has 2 aromatic carbocycles. The van der Waals surface area contributed by atoms with Crippen LogP contribution < -0.4 is 14.2 Å². The predicted molar refractivity (Wildman–Crippen MR) is 105 cm³/mol. The third-order valence-electron chi connectivity index (χ3n) is 4.64. The van der Waals surface area contributed by atoms with Gasteiger partial charge in [0.25, 0.3) is 15.9 Å². The van der Waals surface area contributed by atoms with Crippen LogP contribution in [0.15, 0.2) is 59.8 Å².